The van der Waals surface area contributed by atoms with E-state index in [4.69, 9.17) is 0 Å². The lowest BCUT2D eigenvalue weighted by molar-refractivity contribution is -0.131. The maximum Gasteiger partial charge on any atom is 0.243 e. The number of rotatable bonds is 8. The Kier molecular flexibility index (Phi) is 7.61. The molecule has 1 aliphatic rings. The summed E-state index contributed by atoms with van der Waals surface area (Å²) in [4.78, 5) is 14.4. The zero-order valence-electron chi connectivity index (χ0n) is 16.1. The van der Waals surface area contributed by atoms with E-state index in [9.17, 15) is 13.2 Å². The minimum Gasteiger partial charge on any atom is -0.340 e. The Bertz CT molecular complexity index is 680. The van der Waals surface area contributed by atoms with Gasteiger partial charge in [0.2, 0.25) is 15.9 Å². The Morgan fingerprint density at radius 1 is 1.19 bits per heavy atom. The van der Waals surface area contributed by atoms with Crippen LogP contribution in [0.1, 0.15) is 32.8 Å². The molecule has 0 aliphatic carbocycles. The third-order valence-corrected chi connectivity index (χ3v) is 6.59. The number of nitrogens with one attached hydrogen (secondary N) is 1. The van der Waals surface area contributed by atoms with Gasteiger partial charge in [-0.2, -0.15) is 4.31 Å². The van der Waals surface area contributed by atoms with Gasteiger partial charge in [0.1, 0.15) is 0 Å². The highest BCUT2D eigenvalue weighted by molar-refractivity contribution is 7.89. The van der Waals surface area contributed by atoms with Crippen molar-refractivity contribution in [2.24, 2.45) is 5.92 Å². The molecular weight excluding hydrogens is 350 g/mol. The number of carbonyl (C=O) groups excluding carboxylic acids is 1. The molecule has 6 nitrogen and oxygen atoms in total. The van der Waals surface area contributed by atoms with E-state index in [0.717, 1.165) is 25.1 Å². The highest BCUT2D eigenvalue weighted by Gasteiger charge is 2.25. The molecule has 1 amide bonds. The summed E-state index contributed by atoms with van der Waals surface area (Å²) in [6.07, 6.45) is 1.15. The van der Waals surface area contributed by atoms with Gasteiger partial charge in [-0.3, -0.25) is 4.79 Å². The highest BCUT2D eigenvalue weighted by Crippen LogP contribution is 2.18. The van der Waals surface area contributed by atoms with Gasteiger partial charge in [-0.1, -0.05) is 32.9 Å². The average molecular weight is 382 g/mol. The summed E-state index contributed by atoms with van der Waals surface area (Å²) in [6, 6.07) is 7.11. The van der Waals surface area contributed by atoms with Gasteiger partial charge in [-0.05, 0) is 30.0 Å². The molecule has 1 aromatic rings. The first-order valence-electron chi connectivity index (χ1n) is 9.42. The van der Waals surface area contributed by atoms with Crippen molar-refractivity contribution in [1.29, 1.82) is 0 Å². The molecule has 0 atom stereocenters. The molecule has 26 heavy (non-hydrogen) atoms. The summed E-state index contributed by atoms with van der Waals surface area (Å²) >= 11 is 0. The van der Waals surface area contributed by atoms with E-state index in [1.54, 1.807) is 24.0 Å². The number of amides is 1. The molecule has 1 saturated heterocycles. The number of nitrogens with zero attached hydrogens (tertiary/aromatic N) is 2. The Balaban J connectivity index is 2.01. The maximum atomic E-state index is 12.9. The molecule has 1 aromatic carbocycles. The van der Waals surface area contributed by atoms with Gasteiger partial charge in [-0.25, -0.2) is 8.42 Å². The Hall–Kier alpha value is -1.44. The quantitative estimate of drug-likeness (QED) is 0.744. The molecule has 0 radical (unpaired) electrons. The van der Waals surface area contributed by atoms with Crippen LogP contribution in [0.15, 0.2) is 29.2 Å². The number of hydrogen-bond donors (Lipinski definition) is 1. The van der Waals surface area contributed by atoms with Crippen molar-refractivity contribution >= 4 is 15.9 Å². The monoisotopic (exact) mass is 381 g/mol. The highest BCUT2D eigenvalue weighted by atomic mass is 32.2. The fourth-order valence-electron chi connectivity index (χ4n) is 3.16. The van der Waals surface area contributed by atoms with Gasteiger partial charge in [0.15, 0.2) is 0 Å². The lowest BCUT2D eigenvalue weighted by atomic mass is 10.0. The first-order valence-corrected chi connectivity index (χ1v) is 10.9. The second kappa shape index (κ2) is 9.48. The van der Waals surface area contributed by atoms with Crippen LogP contribution >= 0.6 is 0 Å². The van der Waals surface area contributed by atoms with Crippen LogP contribution in [-0.2, 0) is 21.2 Å². The molecule has 2 rings (SSSR count). The Morgan fingerprint density at radius 2 is 1.81 bits per heavy atom. The standard InChI is InChI=1S/C19H31N3O3S/c1-4-22(12-9-19(23)21-13-10-20-11-14-21)26(24,25)18-7-5-17(6-8-18)15-16(2)3/h5-8,16,20H,4,9-15H2,1-3H3. The van der Waals surface area contributed by atoms with Crippen molar-refractivity contribution in [3.63, 3.8) is 0 Å². The van der Waals surface area contributed by atoms with E-state index in [2.05, 4.69) is 19.2 Å². The predicted molar refractivity (Wildman–Crippen MR) is 103 cm³/mol. The zero-order valence-corrected chi connectivity index (χ0v) is 16.9. The molecule has 0 aromatic heterocycles. The molecule has 1 aliphatic heterocycles. The first-order chi connectivity index (χ1) is 12.3. The summed E-state index contributed by atoms with van der Waals surface area (Å²) in [5, 5.41) is 3.21. The molecule has 1 N–H and O–H groups in total. The second-order valence-electron chi connectivity index (χ2n) is 7.12. The minimum atomic E-state index is -3.57. The lowest BCUT2D eigenvalue weighted by Gasteiger charge is -2.28. The molecule has 1 heterocycles. The normalized spacial score (nSPS) is 15.7. The Labute approximate surface area is 157 Å². The molecular formula is C19H31N3O3S. The zero-order chi connectivity index (χ0) is 19.2. The van der Waals surface area contributed by atoms with Gasteiger partial charge >= 0.3 is 0 Å². The van der Waals surface area contributed by atoms with Crippen LogP contribution in [0.2, 0.25) is 0 Å². The van der Waals surface area contributed by atoms with E-state index in [0.29, 0.717) is 30.4 Å². The molecule has 0 unspecified atom stereocenters. The fraction of sp³-hybridized carbons (Fsp3) is 0.632. The molecule has 146 valence electrons. The van der Waals surface area contributed by atoms with Gasteiger partial charge in [0.25, 0.3) is 0 Å². The van der Waals surface area contributed by atoms with E-state index < -0.39 is 10.0 Å². The third kappa shape index (κ3) is 5.53. The van der Waals surface area contributed by atoms with E-state index >= 15 is 0 Å². The summed E-state index contributed by atoms with van der Waals surface area (Å²) in [5.74, 6) is 0.549. The number of sulfonamides is 1. The minimum absolute atomic E-state index is 0.0208. The number of hydrogen-bond acceptors (Lipinski definition) is 4. The van der Waals surface area contributed by atoms with Crippen LogP contribution in [0, 0.1) is 5.92 Å². The Morgan fingerprint density at radius 3 is 2.35 bits per heavy atom. The first kappa shape index (κ1) is 20.9. The maximum absolute atomic E-state index is 12.9. The molecule has 0 saturated carbocycles. The van der Waals surface area contributed by atoms with Crippen LogP contribution in [0.5, 0.6) is 0 Å². The predicted octanol–water partition coefficient (Wildman–Crippen LogP) is 1.72. The van der Waals surface area contributed by atoms with Gasteiger partial charge in [-0.15, -0.1) is 0 Å². The molecule has 0 spiro atoms. The van der Waals surface area contributed by atoms with E-state index in [-0.39, 0.29) is 18.9 Å². The number of piperazine rings is 1. The SMILES string of the molecule is CCN(CCC(=O)N1CCNCC1)S(=O)(=O)c1ccc(CC(C)C)cc1. The van der Waals surface area contributed by atoms with Gasteiger partial charge < -0.3 is 10.2 Å². The largest absolute Gasteiger partial charge is 0.340 e. The van der Waals surface area contributed by atoms with Crippen molar-refractivity contribution < 1.29 is 13.2 Å². The van der Waals surface area contributed by atoms with Crippen molar-refractivity contribution in [2.45, 2.75) is 38.5 Å². The fourth-order valence-corrected chi connectivity index (χ4v) is 4.61. The number of carbonyl (C=O) groups is 1. The molecule has 0 bridgehead atoms. The summed E-state index contributed by atoms with van der Waals surface area (Å²) < 4.78 is 27.1. The second-order valence-corrected chi connectivity index (χ2v) is 9.06. The van der Waals surface area contributed by atoms with Crippen LogP contribution in [0.25, 0.3) is 0 Å². The van der Waals surface area contributed by atoms with Gasteiger partial charge in [0, 0.05) is 45.7 Å². The summed E-state index contributed by atoms with van der Waals surface area (Å²) in [6.45, 7) is 9.62. The topological polar surface area (TPSA) is 69.7 Å². The van der Waals surface area contributed by atoms with Crippen LogP contribution in [-0.4, -0.2) is 62.8 Å². The van der Waals surface area contributed by atoms with Crippen molar-refractivity contribution in [3.8, 4) is 0 Å². The van der Waals surface area contributed by atoms with Crippen LogP contribution in [0.4, 0.5) is 0 Å². The summed E-state index contributed by atoms with van der Waals surface area (Å²) in [7, 11) is -3.57. The molecule has 1 fully saturated rings. The third-order valence-electron chi connectivity index (χ3n) is 4.60. The number of benzene rings is 1. The van der Waals surface area contributed by atoms with Gasteiger partial charge in [0.05, 0.1) is 4.90 Å². The van der Waals surface area contributed by atoms with Crippen molar-refractivity contribution in [2.75, 3.05) is 39.3 Å². The van der Waals surface area contributed by atoms with E-state index in [1.165, 1.54) is 4.31 Å². The van der Waals surface area contributed by atoms with E-state index in [1.807, 2.05) is 12.1 Å². The van der Waals surface area contributed by atoms with Crippen LogP contribution in [0.3, 0.4) is 0 Å². The smallest absolute Gasteiger partial charge is 0.243 e. The lowest BCUT2D eigenvalue weighted by Crippen LogP contribution is -2.47. The summed E-state index contributed by atoms with van der Waals surface area (Å²) in [5.41, 5.74) is 1.14. The average Bonchev–Trinajstić information content (AvgIpc) is 2.62. The van der Waals surface area contributed by atoms with Crippen molar-refractivity contribution in [1.82, 2.24) is 14.5 Å². The van der Waals surface area contributed by atoms with Crippen molar-refractivity contribution in [3.05, 3.63) is 29.8 Å². The van der Waals surface area contributed by atoms with Crippen LogP contribution < -0.4 is 5.32 Å². The molecule has 7 heteroatoms.